The molecule has 2 rings (SSSR count). The molecule has 70 valence electrons. The Kier molecular flexibility index (Phi) is 1.83. The summed E-state index contributed by atoms with van der Waals surface area (Å²) in [5, 5.41) is 0. The van der Waals surface area contributed by atoms with E-state index in [1.807, 2.05) is 0 Å². The highest BCUT2D eigenvalue weighted by Crippen LogP contribution is 2.43. The first-order valence-corrected chi connectivity index (χ1v) is 4.56. The van der Waals surface area contributed by atoms with Gasteiger partial charge >= 0.3 is 0 Å². The standard InChI is InChI=1S/C9H14N4/c1-5(6-2-3-6)7-4-12-9(11)13-8(7)10/h4-6H,2-3H2,1H3,(H4,10,11,12,13). The first-order chi connectivity index (χ1) is 6.18. The molecule has 1 unspecified atom stereocenters. The molecular weight excluding hydrogens is 164 g/mol. The van der Waals surface area contributed by atoms with Crippen molar-refractivity contribution in [3.05, 3.63) is 11.8 Å². The second kappa shape index (κ2) is 2.87. The van der Waals surface area contributed by atoms with Crippen LogP contribution in [0.4, 0.5) is 11.8 Å². The summed E-state index contributed by atoms with van der Waals surface area (Å²) < 4.78 is 0. The van der Waals surface area contributed by atoms with E-state index in [0.717, 1.165) is 11.5 Å². The summed E-state index contributed by atoms with van der Waals surface area (Å²) in [7, 11) is 0. The Morgan fingerprint density at radius 2 is 2.15 bits per heavy atom. The van der Waals surface area contributed by atoms with Crippen molar-refractivity contribution >= 4 is 11.8 Å². The van der Waals surface area contributed by atoms with Gasteiger partial charge in [-0.15, -0.1) is 0 Å². The molecule has 13 heavy (non-hydrogen) atoms. The van der Waals surface area contributed by atoms with Gasteiger partial charge in [0.25, 0.3) is 0 Å². The van der Waals surface area contributed by atoms with Gasteiger partial charge in [0.05, 0.1) is 0 Å². The molecule has 1 atom stereocenters. The normalized spacial score (nSPS) is 18.5. The van der Waals surface area contributed by atoms with E-state index in [4.69, 9.17) is 11.5 Å². The second-order valence-corrected chi connectivity index (χ2v) is 3.69. The molecule has 1 aromatic heterocycles. The van der Waals surface area contributed by atoms with Gasteiger partial charge in [0.15, 0.2) is 0 Å². The maximum Gasteiger partial charge on any atom is 0.221 e. The van der Waals surface area contributed by atoms with Crippen molar-refractivity contribution in [2.45, 2.75) is 25.7 Å². The van der Waals surface area contributed by atoms with Crippen LogP contribution in [0.25, 0.3) is 0 Å². The topological polar surface area (TPSA) is 77.8 Å². The van der Waals surface area contributed by atoms with E-state index in [9.17, 15) is 0 Å². The fraction of sp³-hybridized carbons (Fsp3) is 0.556. The molecule has 0 bridgehead atoms. The Labute approximate surface area is 77.4 Å². The van der Waals surface area contributed by atoms with Gasteiger partial charge in [-0.05, 0) is 24.7 Å². The first-order valence-electron chi connectivity index (χ1n) is 4.56. The fourth-order valence-corrected chi connectivity index (χ4v) is 1.62. The average molecular weight is 178 g/mol. The lowest BCUT2D eigenvalue weighted by Gasteiger charge is -2.11. The summed E-state index contributed by atoms with van der Waals surface area (Å²) in [5.74, 6) is 2.03. The van der Waals surface area contributed by atoms with Crippen molar-refractivity contribution in [1.29, 1.82) is 0 Å². The minimum Gasteiger partial charge on any atom is -0.383 e. The molecule has 0 saturated heterocycles. The van der Waals surface area contributed by atoms with Crippen molar-refractivity contribution < 1.29 is 0 Å². The van der Waals surface area contributed by atoms with Crippen molar-refractivity contribution in [3.8, 4) is 0 Å². The maximum atomic E-state index is 5.76. The monoisotopic (exact) mass is 178 g/mol. The SMILES string of the molecule is CC(c1cnc(N)nc1N)C1CC1. The number of aromatic nitrogens is 2. The van der Waals surface area contributed by atoms with Crippen LogP contribution in [0.2, 0.25) is 0 Å². The van der Waals surface area contributed by atoms with Crippen LogP contribution in [0.3, 0.4) is 0 Å². The van der Waals surface area contributed by atoms with Crippen LogP contribution in [0.5, 0.6) is 0 Å². The van der Waals surface area contributed by atoms with E-state index in [0.29, 0.717) is 11.7 Å². The Hall–Kier alpha value is -1.32. The third-order valence-electron chi connectivity index (χ3n) is 2.69. The van der Waals surface area contributed by atoms with Gasteiger partial charge in [0.2, 0.25) is 5.95 Å². The fourth-order valence-electron chi connectivity index (χ4n) is 1.62. The molecule has 4 heteroatoms. The van der Waals surface area contributed by atoms with E-state index < -0.39 is 0 Å². The Morgan fingerprint density at radius 3 is 2.69 bits per heavy atom. The molecule has 1 saturated carbocycles. The van der Waals surface area contributed by atoms with E-state index >= 15 is 0 Å². The molecule has 1 aliphatic carbocycles. The van der Waals surface area contributed by atoms with Gasteiger partial charge in [-0.2, -0.15) is 4.98 Å². The third-order valence-corrected chi connectivity index (χ3v) is 2.69. The van der Waals surface area contributed by atoms with Gasteiger partial charge < -0.3 is 11.5 Å². The Bertz CT molecular complexity index is 319. The zero-order chi connectivity index (χ0) is 9.42. The lowest BCUT2D eigenvalue weighted by atomic mass is 9.98. The highest BCUT2D eigenvalue weighted by Gasteiger charge is 2.30. The minimum atomic E-state index is 0.254. The number of nitrogens with two attached hydrogens (primary N) is 2. The number of rotatable bonds is 2. The number of nitrogen functional groups attached to an aromatic ring is 2. The highest BCUT2D eigenvalue weighted by atomic mass is 15.0. The molecule has 0 radical (unpaired) electrons. The summed E-state index contributed by atoms with van der Waals surface area (Å²) in [6, 6.07) is 0. The third kappa shape index (κ3) is 1.56. The van der Waals surface area contributed by atoms with Crippen molar-refractivity contribution in [2.75, 3.05) is 11.5 Å². The molecule has 4 nitrogen and oxygen atoms in total. The van der Waals surface area contributed by atoms with Gasteiger partial charge in [-0.3, -0.25) is 0 Å². The predicted molar refractivity (Wildman–Crippen MR) is 52.0 cm³/mol. The zero-order valence-electron chi connectivity index (χ0n) is 7.70. The number of hydrogen-bond donors (Lipinski definition) is 2. The first kappa shape index (κ1) is 8.29. The molecular formula is C9H14N4. The van der Waals surface area contributed by atoms with Crippen LogP contribution in [-0.2, 0) is 0 Å². The highest BCUT2D eigenvalue weighted by molar-refractivity contribution is 5.43. The molecule has 1 aromatic rings. The minimum absolute atomic E-state index is 0.254. The summed E-state index contributed by atoms with van der Waals surface area (Å²) in [5.41, 5.74) is 12.2. The molecule has 0 aromatic carbocycles. The lowest BCUT2D eigenvalue weighted by molar-refractivity contribution is 0.660. The Morgan fingerprint density at radius 1 is 1.46 bits per heavy atom. The van der Waals surface area contributed by atoms with E-state index in [1.165, 1.54) is 12.8 Å². The number of anilines is 2. The van der Waals surface area contributed by atoms with Crippen LogP contribution >= 0.6 is 0 Å². The molecule has 1 aliphatic rings. The van der Waals surface area contributed by atoms with E-state index in [1.54, 1.807) is 6.20 Å². The van der Waals surface area contributed by atoms with Gasteiger partial charge in [0.1, 0.15) is 5.82 Å². The van der Waals surface area contributed by atoms with E-state index in [2.05, 4.69) is 16.9 Å². The molecule has 0 aliphatic heterocycles. The van der Waals surface area contributed by atoms with Crippen molar-refractivity contribution in [3.63, 3.8) is 0 Å². The van der Waals surface area contributed by atoms with Crippen LogP contribution in [0.15, 0.2) is 6.20 Å². The lowest BCUT2D eigenvalue weighted by Crippen LogP contribution is -2.06. The van der Waals surface area contributed by atoms with Crippen molar-refractivity contribution in [2.24, 2.45) is 5.92 Å². The van der Waals surface area contributed by atoms with Crippen LogP contribution in [-0.4, -0.2) is 9.97 Å². The van der Waals surface area contributed by atoms with Crippen LogP contribution in [0.1, 0.15) is 31.2 Å². The molecule has 0 spiro atoms. The molecule has 1 heterocycles. The number of hydrogen-bond acceptors (Lipinski definition) is 4. The quantitative estimate of drug-likeness (QED) is 0.712. The summed E-state index contributed by atoms with van der Waals surface area (Å²) in [6.45, 7) is 2.17. The summed E-state index contributed by atoms with van der Waals surface area (Å²) in [6.07, 6.45) is 4.34. The summed E-state index contributed by atoms with van der Waals surface area (Å²) >= 11 is 0. The predicted octanol–water partition coefficient (Wildman–Crippen LogP) is 1.15. The van der Waals surface area contributed by atoms with Gasteiger partial charge in [0, 0.05) is 11.8 Å². The van der Waals surface area contributed by atoms with Gasteiger partial charge in [-0.1, -0.05) is 6.92 Å². The van der Waals surface area contributed by atoms with Crippen LogP contribution < -0.4 is 11.5 Å². The summed E-state index contributed by atoms with van der Waals surface area (Å²) in [4.78, 5) is 7.91. The maximum absolute atomic E-state index is 5.76. The Balaban J connectivity index is 2.28. The second-order valence-electron chi connectivity index (χ2n) is 3.69. The van der Waals surface area contributed by atoms with Crippen molar-refractivity contribution in [1.82, 2.24) is 9.97 Å². The number of nitrogens with zero attached hydrogens (tertiary/aromatic N) is 2. The van der Waals surface area contributed by atoms with E-state index in [-0.39, 0.29) is 5.95 Å². The molecule has 4 N–H and O–H groups in total. The van der Waals surface area contributed by atoms with Crippen LogP contribution in [0, 0.1) is 5.92 Å². The molecule has 0 amide bonds. The molecule has 1 fully saturated rings. The zero-order valence-corrected chi connectivity index (χ0v) is 7.70. The smallest absolute Gasteiger partial charge is 0.221 e. The largest absolute Gasteiger partial charge is 0.383 e. The van der Waals surface area contributed by atoms with Gasteiger partial charge in [-0.25, -0.2) is 4.98 Å². The average Bonchev–Trinajstić information content (AvgIpc) is 2.85.